The highest BCUT2D eigenvalue weighted by Gasteiger charge is 2.25. The Morgan fingerprint density at radius 1 is 1.43 bits per heavy atom. The molecule has 0 aromatic carbocycles. The molecule has 1 aliphatic carbocycles. The number of sulfonamides is 1. The summed E-state index contributed by atoms with van der Waals surface area (Å²) in [5.41, 5.74) is 0. The predicted molar refractivity (Wildman–Crippen MR) is 81.6 cm³/mol. The molecule has 1 aromatic heterocycles. The molecule has 1 aliphatic rings. The minimum Gasteiger partial charge on any atom is -0.464 e. The zero-order chi connectivity index (χ0) is 15.6. The molecule has 120 valence electrons. The van der Waals surface area contributed by atoms with E-state index in [2.05, 4.69) is 10.0 Å². The second-order valence-electron chi connectivity index (χ2n) is 6.07. The Balaban J connectivity index is 2.04. The molecule has 1 fully saturated rings. The van der Waals surface area contributed by atoms with Crippen LogP contribution >= 0.6 is 0 Å². The predicted octanol–water partition coefficient (Wildman–Crippen LogP) is 1.07. The first kappa shape index (κ1) is 16.5. The number of nitrogens with zero attached hydrogens (tertiary/aromatic N) is 1. The largest absolute Gasteiger partial charge is 0.464 e. The lowest BCUT2D eigenvalue weighted by atomic mass is 10.3. The van der Waals surface area contributed by atoms with E-state index in [1.807, 2.05) is 25.9 Å². The zero-order valence-electron chi connectivity index (χ0n) is 13.1. The lowest BCUT2D eigenvalue weighted by Gasteiger charge is -2.17. The lowest BCUT2D eigenvalue weighted by molar-refractivity contribution is 0.370. The molecule has 1 unspecified atom stereocenters. The Morgan fingerprint density at radius 3 is 2.67 bits per heavy atom. The summed E-state index contributed by atoms with van der Waals surface area (Å²) in [7, 11) is 0.288. The molecule has 2 rings (SSSR count). The highest BCUT2D eigenvalue weighted by atomic mass is 32.2. The van der Waals surface area contributed by atoms with Crippen LogP contribution in [0.3, 0.4) is 0 Å². The van der Waals surface area contributed by atoms with Gasteiger partial charge in [0.25, 0.3) is 0 Å². The number of hydrogen-bond acceptors (Lipinski definition) is 5. The molecule has 6 nitrogen and oxygen atoms in total. The van der Waals surface area contributed by atoms with Gasteiger partial charge in [-0.15, -0.1) is 0 Å². The van der Waals surface area contributed by atoms with E-state index in [1.54, 1.807) is 13.0 Å². The fraction of sp³-hybridized carbons (Fsp3) is 0.714. The molecule has 0 aliphatic heterocycles. The summed E-state index contributed by atoms with van der Waals surface area (Å²) >= 11 is 0. The average molecular weight is 315 g/mol. The van der Waals surface area contributed by atoms with E-state index in [-0.39, 0.29) is 10.9 Å². The third kappa shape index (κ3) is 4.81. The third-order valence-electron chi connectivity index (χ3n) is 3.35. The zero-order valence-corrected chi connectivity index (χ0v) is 14.0. The standard InChI is InChI=1S/C14H25N3O3S/c1-10(9-17(3)4)16-21(18,19)14-7-13(20-11(14)2)8-15-12-5-6-12/h7,10,12,15-16H,5-6,8-9H2,1-4H3. The normalized spacial score (nSPS) is 17.4. The van der Waals surface area contributed by atoms with E-state index in [9.17, 15) is 8.42 Å². The van der Waals surface area contributed by atoms with Crippen LogP contribution in [0.25, 0.3) is 0 Å². The summed E-state index contributed by atoms with van der Waals surface area (Å²) < 4.78 is 33.0. The van der Waals surface area contributed by atoms with Crippen LogP contribution in [0.2, 0.25) is 0 Å². The van der Waals surface area contributed by atoms with Crippen molar-refractivity contribution in [3.63, 3.8) is 0 Å². The SMILES string of the molecule is Cc1oc(CNC2CC2)cc1S(=O)(=O)NC(C)CN(C)C. The molecular weight excluding hydrogens is 290 g/mol. The van der Waals surface area contributed by atoms with Crippen LogP contribution in [0.4, 0.5) is 0 Å². The monoisotopic (exact) mass is 315 g/mol. The summed E-state index contributed by atoms with van der Waals surface area (Å²) in [4.78, 5) is 2.18. The molecule has 1 heterocycles. The summed E-state index contributed by atoms with van der Waals surface area (Å²) in [5.74, 6) is 1.10. The van der Waals surface area contributed by atoms with Crippen LogP contribution < -0.4 is 10.0 Å². The summed E-state index contributed by atoms with van der Waals surface area (Å²) in [6.45, 7) is 4.76. The van der Waals surface area contributed by atoms with Crippen molar-refractivity contribution in [2.45, 2.75) is 50.2 Å². The van der Waals surface area contributed by atoms with Gasteiger partial charge in [-0.2, -0.15) is 0 Å². The van der Waals surface area contributed by atoms with E-state index in [1.165, 1.54) is 12.8 Å². The smallest absolute Gasteiger partial charge is 0.244 e. The Labute approximate surface area is 126 Å². The quantitative estimate of drug-likeness (QED) is 0.750. The summed E-state index contributed by atoms with van der Waals surface area (Å²) in [6.07, 6.45) is 2.38. The van der Waals surface area contributed by atoms with E-state index >= 15 is 0 Å². The van der Waals surface area contributed by atoms with Gasteiger partial charge in [0, 0.05) is 24.7 Å². The number of likely N-dealkylation sites (N-methyl/N-ethyl adjacent to an activating group) is 1. The molecule has 7 heteroatoms. The molecule has 0 radical (unpaired) electrons. The van der Waals surface area contributed by atoms with Gasteiger partial charge in [-0.25, -0.2) is 13.1 Å². The molecule has 1 saturated carbocycles. The van der Waals surface area contributed by atoms with E-state index in [0.29, 0.717) is 30.7 Å². The van der Waals surface area contributed by atoms with E-state index in [4.69, 9.17) is 4.42 Å². The first-order valence-corrected chi connectivity index (χ1v) is 8.76. The molecule has 1 atom stereocenters. The molecule has 0 amide bonds. The van der Waals surface area contributed by atoms with Gasteiger partial charge in [0.05, 0.1) is 6.54 Å². The first-order chi connectivity index (χ1) is 9.78. The molecule has 1 aromatic rings. The Kier molecular flexibility index (Phi) is 5.08. The van der Waals surface area contributed by atoms with Gasteiger partial charge in [0.1, 0.15) is 16.4 Å². The molecular formula is C14H25N3O3S. The van der Waals surface area contributed by atoms with Gasteiger partial charge >= 0.3 is 0 Å². The van der Waals surface area contributed by atoms with Gasteiger partial charge in [-0.1, -0.05) is 0 Å². The second kappa shape index (κ2) is 6.48. The maximum atomic E-state index is 12.4. The number of aryl methyl sites for hydroxylation is 1. The highest BCUT2D eigenvalue weighted by molar-refractivity contribution is 7.89. The Hall–Kier alpha value is -0.890. The number of hydrogen-bond donors (Lipinski definition) is 2. The van der Waals surface area contributed by atoms with Gasteiger partial charge < -0.3 is 14.6 Å². The number of nitrogens with one attached hydrogen (secondary N) is 2. The fourth-order valence-electron chi connectivity index (χ4n) is 2.32. The molecule has 21 heavy (non-hydrogen) atoms. The maximum absolute atomic E-state index is 12.4. The lowest BCUT2D eigenvalue weighted by Crippen LogP contribution is -2.39. The van der Waals surface area contributed by atoms with Crippen molar-refractivity contribution in [3.05, 3.63) is 17.6 Å². The van der Waals surface area contributed by atoms with Crippen LogP contribution in [0.15, 0.2) is 15.4 Å². The maximum Gasteiger partial charge on any atom is 0.244 e. The first-order valence-electron chi connectivity index (χ1n) is 7.27. The summed E-state index contributed by atoms with van der Waals surface area (Å²) in [5, 5.41) is 3.32. The van der Waals surface area contributed by atoms with Crippen LogP contribution in [-0.2, 0) is 16.6 Å². The van der Waals surface area contributed by atoms with Gasteiger partial charge in [-0.3, -0.25) is 0 Å². The topological polar surface area (TPSA) is 74.6 Å². The highest BCUT2D eigenvalue weighted by Crippen LogP contribution is 2.23. The second-order valence-corrected chi connectivity index (χ2v) is 7.76. The molecule has 0 bridgehead atoms. The summed E-state index contributed by atoms with van der Waals surface area (Å²) in [6, 6.07) is 2.02. The Bertz CT molecular complexity index is 576. The van der Waals surface area contributed by atoms with Gasteiger partial charge in [0.2, 0.25) is 10.0 Å². The fourth-order valence-corrected chi connectivity index (χ4v) is 3.76. The Morgan fingerprint density at radius 2 is 2.10 bits per heavy atom. The van der Waals surface area contributed by atoms with Crippen LogP contribution in [0.1, 0.15) is 31.3 Å². The number of furan rings is 1. The van der Waals surface area contributed by atoms with Crippen molar-refractivity contribution in [1.29, 1.82) is 0 Å². The van der Waals surface area contributed by atoms with Crippen molar-refractivity contribution in [1.82, 2.24) is 14.9 Å². The van der Waals surface area contributed by atoms with Crippen molar-refractivity contribution in [2.75, 3.05) is 20.6 Å². The van der Waals surface area contributed by atoms with Crippen LogP contribution in [0.5, 0.6) is 0 Å². The van der Waals surface area contributed by atoms with Crippen molar-refractivity contribution < 1.29 is 12.8 Å². The van der Waals surface area contributed by atoms with Gasteiger partial charge in [-0.05, 0) is 40.8 Å². The van der Waals surface area contributed by atoms with Crippen LogP contribution in [0, 0.1) is 6.92 Å². The average Bonchev–Trinajstić information content (AvgIpc) is 3.07. The van der Waals surface area contributed by atoms with Crippen LogP contribution in [-0.4, -0.2) is 46.0 Å². The van der Waals surface area contributed by atoms with Crippen molar-refractivity contribution in [2.24, 2.45) is 0 Å². The third-order valence-corrected chi connectivity index (χ3v) is 5.05. The van der Waals surface area contributed by atoms with E-state index < -0.39 is 10.0 Å². The van der Waals surface area contributed by atoms with Crippen molar-refractivity contribution >= 4 is 10.0 Å². The minimum absolute atomic E-state index is 0.160. The molecule has 0 spiro atoms. The number of rotatable bonds is 8. The van der Waals surface area contributed by atoms with E-state index in [0.717, 1.165) is 0 Å². The minimum atomic E-state index is -3.54. The molecule has 0 saturated heterocycles. The molecule has 2 N–H and O–H groups in total. The van der Waals surface area contributed by atoms with Crippen molar-refractivity contribution in [3.8, 4) is 0 Å². The van der Waals surface area contributed by atoms with Gasteiger partial charge in [0.15, 0.2) is 0 Å².